The Labute approximate surface area is 353 Å². The van der Waals surface area contributed by atoms with E-state index in [1.807, 2.05) is 54.5 Å². The molecular formula is C46H53F2N9O4. The summed E-state index contributed by atoms with van der Waals surface area (Å²) >= 11 is 0. The van der Waals surface area contributed by atoms with E-state index in [1.54, 1.807) is 4.90 Å². The van der Waals surface area contributed by atoms with Crippen LogP contribution in [0.3, 0.4) is 0 Å². The number of carbonyl (C=O) groups is 3. The molecule has 7 aliphatic rings. The van der Waals surface area contributed by atoms with Gasteiger partial charge in [0.05, 0.1) is 30.9 Å². The Morgan fingerprint density at radius 1 is 0.902 bits per heavy atom. The molecule has 1 saturated carbocycles. The third kappa shape index (κ3) is 6.64. The summed E-state index contributed by atoms with van der Waals surface area (Å²) in [5.74, 6) is 0.603. The number of imide groups is 1. The molecule has 2 aromatic carbocycles. The van der Waals surface area contributed by atoms with Crippen molar-refractivity contribution >= 4 is 40.3 Å². The molecule has 4 aromatic rings. The van der Waals surface area contributed by atoms with Crippen LogP contribution in [0, 0.1) is 5.41 Å². The number of rotatable bonds is 6. The molecule has 13 nitrogen and oxygen atoms in total. The van der Waals surface area contributed by atoms with Crippen molar-refractivity contribution in [2.75, 3.05) is 55.7 Å². The lowest BCUT2D eigenvalue weighted by molar-refractivity contribution is -0.136. The van der Waals surface area contributed by atoms with Crippen LogP contribution < -0.4 is 19.9 Å². The van der Waals surface area contributed by atoms with Crippen molar-refractivity contribution in [3.63, 3.8) is 0 Å². The monoisotopic (exact) mass is 833 g/mol. The summed E-state index contributed by atoms with van der Waals surface area (Å²) < 4.78 is 34.3. The fourth-order valence-corrected chi connectivity index (χ4v) is 12.0. The van der Waals surface area contributed by atoms with Crippen LogP contribution in [0.2, 0.25) is 0 Å². The van der Waals surface area contributed by atoms with Crippen LogP contribution in [0.4, 0.5) is 20.4 Å². The van der Waals surface area contributed by atoms with Gasteiger partial charge in [0.2, 0.25) is 17.8 Å². The van der Waals surface area contributed by atoms with Crippen LogP contribution in [-0.2, 0) is 22.6 Å². The molecule has 3 amide bonds. The quantitative estimate of drug-likeness (QED) is 0.243. The fraction of sp³-hybridized carbons (Fsp3) is 0.543. The zero-order valence-electron chi connectivity index (χ0n) is 34.6. The van der Waals surface area contributed by atoms with Crippen molar-refractivity contribution in [3.8, 4) is 5.75 Å². The molecule has 320 valence electrons. The van der Waals surface area contributed by atoms with E-state index in [-0.39, 0.29) is 42.9 Å². The van der Waals surface area contributed by atoms with Crippen LogP contribution in [-0.4, -0.2) is 124 Å². The highest BCUT2D eigenvalue weighted by Crippen LogP contribution is 2.48. The molecule has 2 N–H and O–H groups in total. The van der Waals surface area contributed by atoms with Gasteiger partial charge in [-0.3, -0.25) is 29.5 Å². The predicted molar refractivity (Wildman–Crippen MR) is 225 cm³/mol. The second-order valence-electron chi connectivity index (χ2n) is 18.6. The van der Waals surface area contributed by atoms with Crippen LogP contribution in [0.5, 0.6) is 5.75 Å². The number of benzene rings is 2. The number of hydrogen-bond acceptors (Lipinski definition) is 10. The van der Waals surface area contributed by atoms with E-state index in [2.05, 4.69) is 31.1 Å². The lowest BCUT2D eigenvalue weighted by Gasteiger charge is -2.51. The maximum Gasteiger partial charge on any atom is 0.255 e. The van der Waals surface area contributed by atoms with Crippen molar-refractivity contribution in [2.24, 2.45) is 5.41 Å². The molecule has 4 atom stereocenters. The van der Waals surface area contributed by atoms with Gasteiger partial charge in [-0.15, -0.1) is 0 Å². The minimum absolute atomic E-state index is 0.0553. The SMILES string of the molecule is C[C@@H]1Cc2c([nH]c3ccccc23)[C@@H](c2cnc(N3CCC4(CCC(N5CCN6c7ccc8c(c7OC[C@H]6C5)CN(C5CCC(=O)NC5=O)C8=O)CC4)CC3)nc2)N1CC(F)F. The Balaban J connectivity index is 0.705. The number of nitrogens with zero attached hydrogens (tertiary/aromatic N) is 7. The topological polar surface area (TPSA) is 130 Å². The van der Waals surface area contributed by atoms with Crippen molar-refractivity contribution in [1.82, 2.24) is 35.0 Å². The standard InChI is InChI=1S/C46H53F2N9O4/c1-27-20-33-31-4-2-3-5-35(31)51-40(33)41(56(27)25-38(47)48)28-21-49-45(50-22-28)53-16-14-46(15-17-53)12-10-29(11-13-46)54-18-19-55-30(23-54)26-61-42-34-24-57(37-8-9-39(58)52-43(37)59)44(60)32(34)6-7-36(42)55/h2-7,21-22,27,29-30,37-38,41,51H,8-20,23-26H2,1H3,(H,52,58,59)/t27-,30-,37?,41-/m1/s1. The average Bonchev–Trinajstić information content (AvgIpc) is 3.81. The number of ether oxygens (including phenoxy) is 1. The molecule has 8 heterocycles. The van der Waals surface area contributed by atoms with Gasteiger partial charge >= 0.3 is 0 Å². The number of para-hydroxylation sites is 1. The summed E-state index contributed by atoms with van der Waals surface area (Å²) in [6.07, 6.45) is 9.57. The molecule has 1 unspecified atom stereocenters. The smallest absolute Gasteiger partial charge is 0.255 e. The first-order valence-electron chi connectivity index (χ1n) is 22.3. The molecule has 15 heteroatoms. The van der Waals surface area contributed by atoms with E-state index in [4.69, 9.17) is 14.7 Å². The molecule has 0 bridgehead atoms. The van der Waals surface area contributed by atoms with Crippen LogP contribution >= 0.6 is 0 Å². The predicted octanol–water partition coefficient (Wildman–Crippen LogP) is 5.43. The minimum atomic E-state index is -2.44. The second-order valence-corrected chi connectivity index (χ2v) is 18.6. The number of alkyl halides is 2. The van der Waals surface area contributed by atoms with Gasteiger partial charge in [0.25, 0.3) is 12.3 Å². The normalized spacial score (nSPS) is 27.0. The number of amides is 3. The van der Waals surface area contributed by atoms with Gasteiger partial charge in [-0.05, 0) is 87.5 Å². The summed E-state index contributed by atoms with van der Waals surface area (Å²) in [7, 11) is 0. The van der Waals surface area contributed by atoms with Gasteiger partial charge in [0, 0.05) is 96.9 Å². The number of aromatic nitrogens is 3. The van der Waals surface area contributed by atoms with Gasteiger partial charge in [-0.25, -0.2) is 18.7 Å². The van der Waals surface area contributed by atoms with Gasteiger partial charge in [-0.2, -0.15) is 0 Å². The molecule has 61 heavy (non-hydrogen) atoms. The summed E-state index contributed by atoms with van der Waals surface area (Å²) in [6, 6.07) is 11.8. The third-order valence-corrected chi connectivity index (χ3v) is 15.4. The maximum absolute atomic E-state index is 13.9. The lowest BCUT2D eigenvalue weighted by atomic mass is 9.66. The van der Waals surface area contributed by atoms with E-state index in [1.165, 1.54) is 31.2 Å². The number of aromatic amines is 1. The van der Waals surface area contributed by atoms with Gasteiger partial charge in [0.1, 0.15) is 18.4 Å². The van der Waals surface area contributed by atoms with E-state index < -0.39 is 18.4 Å². The number of H-pyrrole nitrogens is 1. The number of hydrogen-bond donors (Lipinski definition) is 2. The number of anilines is 2. The Morgan fingerprint density at radius 2 is 1.69 bits per heavy atom. The zero-order chi connectivity index (χ0) is 41.6. The van der Waals surface area contributed by atoms with Crippen molar-refractivity contribution < 1.29 is 27.9 Å². The Bertz CT molecular complexity index is 2370. The molecule has 1 aliphatic carbocycles. The molecule has 3 saturated heterocycles. The molecule has 11 rings (SSSR count). The Morgan fingerprint density at radius 3 is 2.46 bits per heavy atom. The second kappa shape index (κ2) is 15.0. The number of piperidine rings is 2. The van der Waals surface area contributed by atoms with E-state index in [0.717, 1.165) is 84.7 Å². The Hall–Kier alpha value is -5.15. The molecule has 4 fully saturated rings. The van der Waals surface area contributed by atoms with E-state index in [9.17, 15) is 23.2 Å². The van der Waals surface area contributed by atoms with Gasteiger partial charge in [-0.1, -0.05) is 18.2 Å². The number of piperazine rings is 1. The van der Waals surface area contributed by atoms with Crippen molar-refractivity contribution in [1.29, 1.82) is 0 Å². The van der Waals surface area contributed by atoms with Crippen molar-refractivity contribution in [2.45, 2.75) is 108 Å². The summed E-state index contributed by atoms with van der Waals surface area (Å²) in [5, 5.41) is 3.54. The first kappa shape index (κ1) is 38.7. The highest BCUT2D eigenvalue weighted by Gasteiger charge is 2.45. The number of fused-ring (bicyclic) bond motifs is 8. The molecular weight excluding hydrogens is 781 g/mol. The number of nitrogens with one attached hydrogen (secondary N) is 2. The summed E-state index contributed by atoms with van der Waals surface area (Å²) in [5.41, 5.74) is 6.81. The van der Waals surface area contributed by atoms with Gasteiger partial charge < -0.3 is 24.4 Å². The first-order valence-corrected chi connectivity index (χ1v) is 22.3. The Kier molecular flexibility index (Phi) is 9.55. The fourth-order valence-electron chi connectivity index (χ4n) is 12.0. The maximum atomic E-state index is 13.9. The van der Waals surface area contributed by atoms with Crippen LogP contribution in [0.15, 0.2) is 48.8 Å². The molecule has 0 radical (unpaired) electrons. The summed E-state index contributed by atoms with van der Waals surface area (Å²) in [6.45, 7) is 7.23. The van der Waals surface area contributed by atoms with Crippen molar-refractivity contribution in [3.05, 3.63) is 76.7 Å². The average molecular weight is 834 g/mol. The molecule has 6 aliphatic heterocycles. The molecule has 2 aromatic heterocycles. The lowest BCUT2D eigenvalue weighted by Crippen LogP contribution is -2.60. The molecule has 1 spiro atoms. The highest BCUT2D eigenvalue weighted by molar-refractivity contribution is 6.06. The van der Waals surface area contributed by atoms with E-state index in [0.29, 0.717) is 49.0 Å². The van der Waals surface area contributed by atoms with Crippen LogP contribution in [0.1, 0.15) is 97.1 Å². The largest absolute Gasteiger partial charge is 0.489 e. The highest BCUT2D eigenvalue weighted by atomic mass is 19.3. The van der Waals surface area contributed by atoms with E-state index >= 15 is 0 Å². The number of carbonyl (C=O) groups excluding carboxylic acids is 3. The van der Waals surface area contributed by atoms with Gasteiger partial charge in [0.15, 0.2) is 0 Å². The summed E-state index contributed by atoms with van der Waals surface area (Å²) in [4.78, 5) is 62.0. The zero-order valence-corrected chi connectivity index (χ0v) is 34.6. The third-order valence-electron chi connectivity index (χ3n) is 15.4. The number of halogens is 2. The van der Waals surface area contributed by atoms with Crippen LogP contribution in [0.25, 0.3) is 10.9 Å². The first-order chi connectivity index (χ1) is 29.6. The minimum Gasteiger partial charge on any atom is -0.489 e.